The normalized spacial score (nSPS) is 17.8. The zero-order valence-electron chi connectivity index (χ0n) is 14.0. The number of hydrogen-bond donors (Lipinski definition) is 0. The average molecular weight is 344 g/mol. The molecule has 1 atom stereocenters. The Hall–Kier alpha value is -2.76. The maximum Gasteiger partial charge on any atom is 0.254 e. The number of anilines is 1. The first kappa shape index (κ1) is 17.1. The molecule has 2 amide bonds. The fourth-order valence-corrected chi connectivity index (χ4v) is 2.91. The van der Waals surface area contributed by atoms with E-state index in [1.165, 1.54) is 40.1 Å². The fraction of sp³-hybridized carbons (Fsp3) is 0.263. The van der Waals surface area contributed by atoms with Gasteiger partial charge in [0.15, 0.2) is 0 Å². The Labute approximate surface area is 144 Å². The van der Waals surface area contributed by atoms with Gasteiger partial charge in [0.1, 0.15) is 17.7 Å². The monoisotopic (exact) mass is 344 g/mol. The Morgan fingerprint density at radius 1 is 1.08 bits per heavy atom. The lowest BCUT2D eigenvalue weighted by molar-refractivity contribution is -0.124. The van der Waals surface area contributed by atoms with Crippen molar-refractivity contribution in [2.45, 2.75) is 19.9 Å². The molecule has 25 heavy (non-hydrogen) atoms. The number of nitrogens with zero attached hydrogens (tertiary/aromatic N) is 2. The lowest BCUT2D eigenvalue weighted by Gasteiger charge is -2.39. The van der Waals surface area contributed by atoms with E-state index in [0.717, 1.165) is 0 Å². The van der Waals surface area contributed by atoms with Crippen molar-refractivity contribution in [3.05, 3.63) is 65.2 Å². The van der Waals surface area contributed by atoms with Crippen molar-refractivity contribution in [3.63, 3.8) is 0 Å². The van der Waals surface area contributed by atoms with E-state index >= 15 is 0 Å². The highest BCUT2D eigenvalue weighted by atomic mass is 19.1. The second kappa shape index (κ2) is 6.63. The molecule has 0 bridgehead atoms. The Bertz CT molecular complexity index is 821. The van der Waals surface area contributed by atoms with E-state index in [1.807, 2.05) is 0 Å². The second-order valence-electron chi connectivity index (χ2n) is 6.10. The number of aryl methyl sites for hydroxylation is 1. The molecule has 2 aromatic rings. The van der Waals surface area contributed by atoms with Crippen LogP contribution in [0.15, 0.2) is 42.5 Å². The quantitative estimate of drug-likeness (QED) is 0.840. The number of rotatable bonds is 2. The molecule has 1 fully saturated rings. The number of benzene rings is 2. The predicted molar refractivity (Wildman–Crippen MR) is 90.4 cm³/mol. The van der Waals surface area contributed by atoms with Crippen molar-refractivity contribution >= 4 is 17.5 Å². The van der Waals surface area contributed by atoms with Crippen LogP contribution in [0.25, 0.3) is 0 Å². The van der Waals surface area contributed by atoms with Crippen LogP contribution in [0.4, 0.5) is 14.5 Å². The Morgan fingerprint density at radius 2 is 1.76 bits per heavy atom. The summed E-state index contributed by atoms with van der Waals surface area (Å²) in [5.74, 6) is -1.39. The molecule has 6 heteroatoms. The van der Waals surface area contributed by atoms with Crippen LogP contribution in [0.1, 0.15) is 22.8 Å². The van der Waals surface area contributed by atoms with E-state index in [-0.39, 0.29) is 24.2 Å². The van der Waals surface area contributed by atoms with Crippen LogP contribution in [-0.4, -0.2) is 35.8 Å². The topological polar surface area (TPSA) is 40.6 Å². The third-order valence-corrected chi connectivity index (χ3v) is 4.47. The van der Waals surface area contributed by atoms with Crippen LogP contribution in [-0.2, 0) is 4.79 Å². The maximum atomic E-state index is 13.8. The Kier molecular flexibility index (Phi) is 4.53. The number of halogens is 2. The van der Waals surface area contributed by atoms with E-state index < -0.39 is 11.9 Å². The first-order chi connectivity index (χ1) is 11.9. The van der Waals surface area contributed by atoms with Crippen LogP contribution in [0.3, 0.4) is 0 Å². The Balaban J connectivity index is 1.80. The van der Waals surface area contributed by atoms with Gasteiger partial charge >= 0.3 is 0 Å². The van der Waals surface area contributed by atoms with Crippen LogP contribution in [0.5, 0.6) is 0 Å². The van der Waals surface area contributed by atoms with Crippen LogP contribution >= 0.6 is 0 Å². The molecule has 1 unspecified atom stereocenters. The molecule has 2 aromatic carbocycles. The first-order valence-electron chi connectivity index (χ1n) is 8.02. The molecule has 0 radical (unpaired) electrons. The highest BCUT2D eigenvalue weighted by Gasteiger charge is 2.35. The number of carbonyl (C=O) groups is 2. The minimum absolute atomic E-state index is 0.273. The summed E-state index contributed by atoms with van der Waals surface area (Å²) in [4.78, 5) is 28.2. The molecule has 4 nitrogen and oxygen atoms in total. The fourth-order valence-electron chi connectivity index (χ4n) is 2.91. The van der Waals surface area contributed by atoms with E-state index in [4.69, 9.17) is 0 Å². The van der Waals surface area contributed by atoms with E-state index in [0.29, 0.717) is 23.4 Å². The molecule has 0 aliphatic carbocycles. The summed E-state index contributed by atoms with van der Waals surface area (Å²) in [5, 5.41) is 0. The highest BCUT2D eigenvalue weighted by molar-refractivity contribution is 6.03. The maximum absolute atomic E-state index is 13.8. The molecule has 1 aliphatic heterocycles. The lowest BCUT2D eigenvalue weighted by Crippen LogP contribution is -2.57. The van der Waals surface area contributed by atoms with Gasteiger partial charge in [-0.25, -0.2) is 8.78 Å². The third kappa shape index (κ3) is 3.24. The molecular weight excluding hydrogens is 326 g/mol. The molecule has 1 aliphatic rings. The minimum Gasteiger partial charge on any atom is -0.325 e. The van der Waals surface area contributed by atoms with Crippen molar-refractivity contribution < 1.29 is 18.4 Å². The lowest BCUT2D eigenvalue weighted by atomic mass is 10.1. The zero-order valence-corrected chi connectivity index (χ0v) is 14.0. The van der Waals surface area contributed by atoms with Gasteiger partial charge in [-0.3, -0.25) is 9.59 Å². The summed E-state index contributed by atoms with van der Waals surface area (Å²) < 4.78 is 26.8. The standard InChI is InChI=1S/C19H18F2N2O2/c1-12-3-8-16(11-17(12)21)23-10-9-22(13(2)18(23)24)19(25)14-4-6-15(20)7-5-14/h3-8,11,13H,9-10H2,1-2H3. The van der Waals surface area contributed by atoms with Gasteiger partial charge in [0, 0.05) is 24.3 Å². The summed E-state index contributed by atoms with van der Waals surface area (Å²) in [7, 11) is 0. The van der Waals surface area contributed by atoms with E-state index in [2.05, 4.69) is 0 Å². The zero-order chi connectivity index (χ0) is 18.1. The van der Waals surface area contributed by atoms with Crippen molar-refractivity contribution in [3.8, 4) is 0 Å². The van der Waals surface area contributed by atoms with Crippen molar-refractivity contribution in [1.29, 1.82) is 0 Å². The molecular formula is C19H18F2N2O2. The number of amides is 2. The SMILES string of the molecule is Cc1ccc(N2CCN(C(=O)c3ccc(F)cc3)C(C)C2=O)cc1F. The molecule has 0 spiro atoms. The molecule has 3 rings (SSSR count). The average Bonchev–Trinajstić information content (AvgIpc) is 2.60. The van der Waals surface area contributed by atoms with Crippen LogP contribution in [0.2, 0.25) is 0 Å². The van der Waals surface area contributed by atoms with Gasteiger partial charge in [-0.15, -0.1) is 0 Å². The highest BCUT2D eigenvalue weighted by Crippen LogP contribution is 2.23. The molecule has 1 saturated heterocycles. The van der Waals surface area contributed by atoms with Gasteiger partial charge in [0.2, 0.25) is 5.91 Å². The summed E-state index contributed by atoms with van der Waals surface area (Å²) in [6.45, 7) is 3.89. The van der Waals surface area contributed by atoms with Gasteiger partial charge in [-0.2, -0.15) is 0 Å². The van der Waals surface area contributed by atoms with E-state index in [1.54, 1.807) is 26.0 Å². The molecule has 0 N–H and O–H groups in total. The van der Waals surface area contributed by atoms with Crippen LogP contribution < -0.4 is 4.90 Å². The summed E-state index contributed by atoms with van der Waals surface area (Å²) >= 11 is 0. The Morgan fingerprint density at radius 3 is 2.40 bits per heavy atom. The first-order valence-corrected chi connectivity index (χ1v) is 8.02. The summed E-state index contributed by atoms with van der Waals surface area (Å²) in [5.41, 5.74) is 1.32. The summed E-state index contributed by atoms with van der Waals surface area (Å²) in [6.07, 6.45) is 0. The van der Waals surface area contributed by atoms with Crippen molar-refractivity contribution in [2.24, 2.45) is 0 Å². The van der Waals surface area contributed by atoms with Gasteiger partial charge in [-0.1, -0.05) is 6.07 Å². The molecule has 0 aromatic heterocycles. The molecule has 130 valence electrons. The van der Waals surface area contributed by atoms with Gasteiger partial charge in [0.25, 0.3) is 5.91 Å². The number of piperazine rings is 1. The largest absolute Gasteiger partial charge is 0.325 e. The van der Waals surface area contributed by atoms with Crippen LogP contribution in [0, 0.1) is 18.6 Å². The minimum atomic E-state index is -0.685. The third-order valence-electron chi connectivity index (χ3n) is 4.47. The number of hydrogen-bond acceptors (Lipinski definition) is 2. The smallest absolute Gasteiger partial charge is 0.254 e. The predicted octanol–water partition coefficient (Wildman–Crippen LogP) is 3.15. The molecule has 1 heterocycles. The number of carbonyl (C=O) groups excluding carboxylic acids is 2. The molecule has 0 saturated carbocycles. The van der Waals surface area contributed by atoms with Gasteiger partial charge in [0.05, 0.1) is 0 Å². The second-order valence-corrected chi connectivity index (χ2v) is 6.10. The summed E-state index contributed by atoms with van der Waals surface area (Å²) in [6, 6.07) is 9.19. The van der Waals surface area contributed by atoms with Gasteiger partial charge < -0.3 is 9.80 Å². The van der Waals surface area contributed by atoms with Crippen molar-refractivity contribution in [2.75, 3.05) is 18.0 Å². The van der Waals surface area contributed by atoms with Gasteiger partial charge in [-0.05, 0) is 55.8 Å². The van der Waals surface area contributed by atoms with Crippen molar-refractivity contribution in [1.82, 2.24) is 4.90 Å². The van der Waals surface area contributed by atoms with E-state index in [9.17, 15) is 18.4 Å².